The molecule has 0 saturated carbocycles. The Morgan fingerprint density at radius 2 is 1.71 bits per heavy atom. The van der Waals surface area contributed by atoms with E-state index in [2.05, 4.69) is 4.98 Å². The molecule has 1 aliphatic heterocycles. The number of rotatable bonds is 7. The summed E-state index contributed by atoms with van der Waals surface area (Å²) >= 11 is 1.31. The fourth-order valence-electron chi connectivity index (χ4n) is 3.83. The number of anilines is 1. The Kier molecular flexibility index (Phi) is 7.92. The highest BCUT2D eigenvalue weighted by Gasteiger charge is 2.30. The molecule has 3 aromatic rings. The van der Waals surface area contributed by atoms with Crippen molar-refractivity contribution in [1.82, 2.24) is 14.6 Å². The van der Waals surface area contributed by atoms with Gasteiger partial charge in [0.05, 0.1) is 23.2 Å². The van der Waals surface area contributed by atoms with Gasteiger partial charge in [-0.25, -0.2) is 13.1 Å². The van der Waals surface area contributed by atoms with Crippen LogP contribution in [0, 0.1) is 0 Å². The van der Waals surface area contributed by atoms with Gasteiger partial charge in [0.2, 0.25) is 10.0 Å². The summed E-state index contributed by atoms with van der Waals surface area (Å²) < 4.78 is 62.0. The number of nitrogens with zero attached hydrogens (tertiary/aromatic N) is 3. The zero-order valence-electron chi connectivity index (χ0n) is 19.8. The quantitative estimate of drug-likeness (QED) is 0.448. The predicted molar refractivity (Wildman–Crippen MR) is 136 cm³/mol. The third-order valence-electron chi connectivity index (χ3n) is 5.83. The first-order chi connectivity index (χ1) is 17.9. The van der Waals surface area contributed by atoms with Crippen LogP contribution in [0.2, 0.25) is 0 Å². The van der Waals surface area contributed by atoms with Gasteiger partial charge < -0.3 is 14.9 Å². The summed E-state index contributed by atoms with van der Waals surface area (Å²) in [5.74, 6) is -2.31. The number of halogens is 3. The number of aromatic nitrogens is 1. The van der Waals surface area contributed by atoms with E-state index < -0.39 is 34.3 Å². The van der Waals surface area contributed by atoms with Gasteiger partial charge in [0.15, 0.2) is 0 Å². The van der Waals surface area contributed by atoms with Crippen LogP contribution in [0.5, 0.6) is 5.75 Å². The van der Waals surface area contributed by atoms with Crippen molar-refractivity contribution in [3.63, 3.8) is 0 Å². The van der Waals surface area contributed by atoms with Crippen LogP contribution in [0.25, 0.3) is 11.1 Å². The second-order valence-electron chi connectivity index (χ2n) is 8.57. The Morgan fingerprint density at radius 3 is 2.34 bits per heavy atom. The predicted octanol–water partition coefficient (Wildman–Crippen LogP) is 3.49. The van der Waals surface area contributed by atoms with Crippen molar-refractivity contribution in [2.45, 2.75) is 12.6 Å². The van der Waals surface area contributed by atoms with Gasteiger partial charge in [0.25, 0.3) is 11.8 Å². The van der Waals surface area contributed by atoms with Crippen molar-refractivity contribution in [1.29, 1.82) is 0 Å². The van der Waals surface area contributed by atoms with Crippen molar-refractivity contribution in [2.75, 3.05) is 36.8 Å². The summed E-state index contributed by atoms with van der Waals surface area (Å²) in [5.41, 5.74) is 2.25. The minimum atomic E-state index is -4.65. The minimum absolute atomic E-state index is 0.00594. The van der Waals surface area contributed by atoms with E-state index >= 15 is 0 Å². The van der Waals surface area contributed by atoms with E-state index in [0.29, 0.717) is 36.6 Å². The molecule has 2 amide bonds. The van der Waals surface area contributed by atoms with E-state index in [1.54, 1.807) is 40.1 Å². The molecule has 9 nitrogen and oxygen atoms in total. The number of benzene rings is 1. The second kappa shape index (κ2) is 11.0. The van der Waals surface area contributed by atoms with E-state index in [9.17, 15) is 36.3 Å². The van der Waals surface area contributed by atoms with Crippen LogP contribution in [0.1, 0.15) is 26.5 Å². The van der Waals surface area contributed by atoms with Gasteiger partial charge in [0, 0.05) is 49.2 Å². The van der Waals surface area contributed by atoms with Gasteiger partial charge in [-0.3, -0.25) is 14.6 Å². The average molecular weight is 569 g/mol. The number of amides is 2. The molecule has 0 atom stereocenters. The number of aromatic hydroxyl groups is 1. The van der Waals surface area contributed by atoms with Crippen molar-refractivity contribution in [3.8, 4) is 16.9 Å². The highest BCUT2D eigenvalue weighted by Crippen LogP contribution is 2.28. The molecular formula is C24H23F3N4O5S2. The van der Waals surface area contributed by atoms with Crippen molar-refractivity contribution < 1.29 is 36.3 Å². The number of sulfonamides is 1. The van der Waals surface area contributed by atoms with E-state index in [1.165, 1.54) is 29.7 Å². The Bertz CT molecular complexity index is 1420. The topological polar surface area (TPSA) is 120 Å². The molecule has 1 aromatic carbocycles. The first kappa shape index (κ1) is 27.4. The van der Waals surface area contributed by atoms with E-state index in [4.69, 9.17) is 0 Å². The van der Waals surface area contributed by atoms with Gasteiger partial charge in [-0.15, -0.1) is 11.3 Å². The van der Waals surface area contributed by atoms with E-state index in [-0.39, 0.29) is 17.2 Å². The van der Waals surface area contributed by atoms with Gasteiger partial charge >= 0.3 is 6.18 Å². The number of nitrogens with one attached hydrogen (secondary N) is 1. The van der Waals surface area contributed by atoms with Crippen LogP contribution in [0.4, 0.5) is 18.9 Å². The van der Waals surface area contributed by atoms with Crippen LogP contribution < -0.4 is 9.62 Å². The molecular weight excluding hydrogens is 545 g/mol. The first-order valence-electron chi connectivity index (χ1n) is 11.4. The summed E-state index contributed by atoms with van der Waals surface area (Å²) in [4.78, 5) is 33.4. The van der Waals surface area contributed by atoms with Gasteiger partial charge in [-0.2, -0.15) is 13.2 Å². The normalized spacial score (nSPS) is 14.4. The molecule has 2 aromatic heterocycles. The maximum atomic E-state index is 13.0. The fourth-order valence-corrected chi connectivity index (χ4v) is 5.72. The fraction of sp³-hybridized carbons (Fsp3) is 0.292. The molecule has 0 bridgehead atoms. The minimum Gasteiger partial charge on any atom is -0.506 e. The third-order valence-corrected chi connectivity index (χ3v) is 7.99. The lowest BCUT2D eigenvalue weighted by atomic mass is 10.1. The van der Waals surface area contributed by atoms with Crippen LogP contribution in [-0.4, -0.2) is 73.3 Å². The number of hydrogen-bond acceptors (Lipinski definition) is 8. The highest BCUT2D eigenvalue weighted by molar-refractivity contribution is 7.90. The summed E-state index contributed by atoms with van der Waals surface area (Å²) in [5, 5.41) is 11.5. The monoisotopic (exact) mass is 568 g/mol. The molecule has 3 heterocycles. The molecule has 14 heteroatoms. The summed E-state index contributed by atoms with van der Waals surface area (Å²) in [6, 6.07) is 9.36. The van der Waals surface area contributed by atoms with Crippen LogP contribution in [0.15, 0.2) is 54.2 Å². The summed E-state index contributed by atoms with van der Waals surface area (Å²) in [7, 11) is -4.43. The molecule has 0 aliphatic carbocycles. The van der Waals surface area contributed by atoms with Gasteiger partial charge in [-0.1, -0.05) is 0 Å². The first-order valence-corrected chi connectivity index (χ1v) is 13.9. The van der Waals surface area contributed by atoms with Crippen molar-refractivity contribution in [2.24, 2.45) is 0 Å². The maximum absolute atomic E-state index is 13.0. The number of hydrogen-bond donors (Lipinski definition) is 2. The second-order valence-corrected chi connectivity index (χ2v) is 11.3. The lowest BCUT2D eigenvalue weighted by molar-refractivity contribution is -0.130. The van der Waals surface area contributed by atoms with Crippen LogP contribution in [0.3, 0.4) is 0 Å². The average Bonchev–Trinajstić information content (AvgIpc) is 3.37. The molecule has 4 rings (SSSR count). The van der Waals surface area contributed by atoms with Crippen LogP contribution in [-0.2, 0) is 10.0 Å². The number of alkyl halides is 3. The smallest absolute Gasteiger partial charge is 0.390 e. The van der Waals surface area contributed by atoms with Gasteiger partial charge in [0.1, 0.15) is 5.75 Å². The Hall–Kier alpha value is -3.65. The number of carbonyl (C=O) groups is 2. The molecule has 0 radical (unpaired) electrons. The zero-order chi connectivity index (χ0) is 27.5. The number of piperazine rings is 1. The Morgan fingerprint density at radius 1 is 1.03 bits per heavy atom. The highest BCUT2D eigenvalue weighted by atomic mass is 32.2. The number of carbonyl (C=O) groups excluding carboxylic acids is 2. The summed E-state index contributed by atoms with van der Waals surface area (Å²) in [6.07, 6.45) is -3.26. The molecule has 2 N–H and O–H groups in total. The van der Waals surface area contributed by atoms with Crippen molar-refractivity contribution >= 4 is 38.9 Å². The van der Waals surface area contributed by atoms with Crippen LogP contribution >= 0.6 is 11.3 Å². The molecule has 202 valence electrons. The largest absolute Gasteiger partial charge is 0.506 e. The molecule has 0 unspecified atom stereocenters. The molecule has 1 aliphatic rings. The van der Waals surface area contributed by atoms with E-state index in [0.717, 1.165) is 11.3 Å². The molecule has 0 spiro atoms. The number of thiophene rings is 1. The number of pyridine rings is 1. The molecule has 38 heavy (non-hydrogen) atoms. The third kappa shape index (κ3) is 7.01. The van der Waals surface area contributed by atoms with Gasteiger partial charge in [-0.05, 0) is 47.3 Å². The summed E-state index contributed by atoms with van der Waals surface area (Å²) in [6.45, 7) is 1.97. The standard InChI is InChI=1S/C24H23F3N4O5S2/c25-24(26,27)5-10-38(35,36)29-22(33)16-1-3-19(4-2-16)30-6-8-31(9-7-30)23(34)21-12-18(15-37-21)17-11-20(32)14-28-13-17/h1-4,11-15,32H,5-10H2,(H,29,33). The molecule has 1 fully saturated rings. The Balaban J connectivity index is 1.31. The Labute approximate surface area is 220 Å². The van der Waals surface area contributed by atoms with Crippen molar-refractivity contribution in [3.05, 3.63) is 64.6 Å². The van der Waals surface area contributed by atoms with E-state index in [1.807, 2.05) is 10.3 Å². The zero-order valence-corrected chi connectivity index (χ0v) is 21.4. The lowest BCUT2D eigenvalue weighted by Gasteiger charge is -2.36. The SMILES string of the molecule is O=C(NS(=O)(=O)CCC(F)(F)F)c1ccc(N2CCN(C(=O)c3cc(-c4cncc(O)c4)cs3)CC2)cc1. The lowest BCUT2D eigenvalue weighted by Crippen LogP contribution is -2.48. The molecule has 1 saturated heterocycles. The maximum Gasteiger partial charge on any atom is 0.390 e.